The molecule has 0 spiro atoms. The first kappa shape index (κ1) is 19.2. The number of carbonyl (C=O) groups is 2. The summed E-state index contributed by atoms with van der Waals surface area (Å²) in [4.78, 5) is 25.1. The predicted octanol–water partition coefficient (Wildman–Crippen LogP) is 4.04. The molecule has 0 fully saturated rings. The van der Waals surface area contributed by atoms with E-state index in [1.165, 1.54) is 21.1 Å². The molecule has 0 aliphatic heterocycles. The lowest BCUT2D eigenvalue weighted by Gasteiger charge is -2.16. The van der Waals surface area contributed by atoms with E-state index < -0.39 is 18.0 Å². The number of benzene rings is 3. The van der Waals surface area contributed by atoms with Crippen molar-refractivity contribution in [2.75, 3.05) is 19.5 Å². The number of anilines is 1. The minimum absolute atomic E-state index is 0.414. The molecule has 28 heavy (non-hydrogen) atoms. The van der Waals surface area contributed by atoms with Crippen molar-refractivity contribution < 1.29 is 23.8 Å². The molecule has 0 aromatic heterocycles. The van der Waals surface area contributed by atoms with E-state index in [0.29, 0.717) is 22.7 Å². The van der Waals surface area contributed by atoms with E-state index in [9.17, 15) is 9.59 Å². The van der Waals surface area contributed by atoms with Crippen molar-refractivity contribution in [2.24, 2.45) is 0 Å². The highest BCUT2D eigenvalue weighted by atomic mass is 16.5. The van der Waals surface area contributed by atoms with Crippen LogP contribution in [0.3, 0.4) is 0 Å². The van der Waals surface area contributed by atoms with E-state index in [4.69, 9.17) is 14.2 Å². The molecule has 6 nitrogen and oxygen atoms in total. The van der Waals surface area contributed by atoms with Crippen LogP contribution in [0.15, 0.2) is 60.7 Å². The lowest BCUT2D eigenvalue weighted by atomic mass is 10.0. The van der Waals surface area contributed by atoms with Gasteiger partial charge in [-0.1, -0.05) is 36.4 Å². The predicted molar refractivity (Wildman–Crippen MR) is 107 cm³/mol. The van der Waals surface area contributed by atoms with Crippen molar-refractivity contribution in [3.63, 3.8) is 0 Å². The van der Waals surface area contributed by atoms with Crippen LogP contribution in [0.25, 0.3) is 10.8 Å². The SMILES string of the molecule is COc1ccc(OC)c(NC(=O)C(C)OC(=O)c2cccc3ccccc23)c1. The summed E-state index contributed by atoms with van der Waals surface area (Å²) in [6.45, 7) is 1.52. The van der Waals surface area contributed by atoms with E-state index in [0.717, 1.165) is 10.8 Å². The molecule has 0 saturated carbocycles. The van der Waals surface area contributed by atoms with E-state index in [-0.39, 0.29) is 0 Å². The van der Waals surface area contributed by atoms with Crippen LogP contribution in [-0.2, 0) is 9.53 Å². The number of nitrogens with one attached hydrogen (secondary N) is 1. The van der Waals surface area contributed by atoms with Crippen molar-refractivity contribution in [2.45, 2.75) is 13.0 Å². The quantitative estimate of drug-likeness (QED) is 0.654. The Kier molecular flexibility index (Phi) is 5.79. The number of fused-ring (bicyclic) bond motifs is 1. The minimum Gasteiger partial charge on any atom is -0.497 e. The highest BCUT2D eigenvalue weighted by molar-refractivity contribution is 6.05. The second-order valence-corrected chi connectivity index (χ2v) is 6.13. The molecule has 0 heterocycles. The highest BCUT2D eigenvalue weighted by Crippen LogP contribution is 2.29. The molecule has 0 aliphatic rings. The molecule has 0 saturated heterocycles. The largest absolute Gasteiger partial charge is 0.497 e. The summed E-state index contributed by atoms with van der Waals surface area (Å²) in [6, 6.07) is 17.9. The Bertz CT molecular complexity index is 1010. The Morgan fingerprint density at radius 3 is 2.43 bits per heavy atom. The average Bonchev–Trinajstić information content (AvgIpc) is 2.73. The lowest BCUT2D eigenvalue weighted by molar-refractivity contribution is -0.123. The number of amides is 1. The minimum atomic E-state index is -0.998. The summed E-state index contributed by atoms with van der Waals surface area (Å²) in [6.07, 6.45) is -0.998. The maximum atomic E-state index is 12.6. The molecule has 1 N–H and O–H groups in total. The van der Waals surface area contributed by atoms with E-state index in [1.54, 1.807) is 30.3 Å². The number of hydrogen-bond donors (Lipinski definition) is 1. The van der Waals surface area contributed by atoms with Gasteiger partial charge in [-0.2, -0.15) is 0 Å². The number of methoxy groups -OCH3 is 2. The van der Waals surface area contributed by atoms with Crippen LogP contribution in [0, 0.1) is 0 Å². The smallest absolute Gasteiger partial charge is 0.339 e. The summed E-state index contributed by atoms with van der Waals surface area (Å²) in [7, 11) is 3.03. The fraction of sp³-hybridized carbons (Fsp3) is 0.182. The fourth-order valence-corrected chi connectivity index (χ4v) is 2.83. The first-order chi connectivity index (χ1) is 13.5. The van der Waals surface area contributed by atoms with Crippen molar-refractivity contribution in [1.29, 1.82) is 0 Å². The molecule has 3 rings (SSSR count). The van der Waals surface area contributed by atoms with E-state index >= 15 is 0 Å². The molecular weight excluding hydrogens is 358 g/mol. The monoisotopic (exact) mass is 379 g/mol. The number of rotatable bonds is 6. The maximum absolute atomic E-state index is 12.6. The second-order valence-electron chi connectivity index (χ2n) is 6.13. The van der Waals surface area contributed by atoms with Crippen LogP contribution in [0.5, 0.6) is 11.5 Å². The summed E-state index contributed by atoms with van der Waals surface area (Å²) in [5, 5.41) is 4.41. The van der Waals surface area contributed by atoms with Gasteiger partial charge in [0.15, 0.2) is 6.10 Å². The normalized spacial score (nSPS) is 11.5. The van der Waals surface area contributed by atoms with Crippen LogP contribution in [0.4, 0.5) is 5.69 Å². The summed E-state index contributed by atoms with van der Waals surface area (Å²) >= 11 is 0. The van der Waals surface area contributed by atoms with Crippen LogP contribution in [0.1, 0.15) is 17.3 Å². The Morgan fingerprint density at radius 1 is 0.929 bits per heavy atom. The fourth-order valence-electron chi connectivity index (χ4n) is 2.83. The maximum Gasteiger partial charge on any atom is 0.339 e. The van der Waals surface area contributed by atoms with Crippen molar-refractivity contribution in [3.8, 4) is 11.5 Å². The molecule has 3 aromatic carbocycles. The summed E-state index contributed by atoms with van der Waals surface area (Å²) < 4.78 is 15.8. The molecule has 1 atom stereocenters. The first-order valence-corrected chi connectivity index (χ1v) is 8.75. The van der Waals surface area contributed by atoms with E-state index in [1.807, 2.05) is 30.3 Å². The van der Waals surface area contributed by atoms with Gasteiger partial charge in [0, 0.05) is 6.07 Å². The van der Waals surface area contributed by atoms with Gasteiger partial charge >= 0.3 is 5.97 Å². The van der Waals surface area contributed by atoms with Gasteiger partial charge in [-0.3, -0.25) is 4.79 Å². The van der Waals surface area contributed by atoms with Gasteiger partial charge < -0.3 is 19.5 Å². The lowest BCUT2D eigenvalue weighted by Crippen LogP contribution is -2.30. The van der Waals surface area contributed by atoms with Gasteiger partial charge in [-0.15, -0.1) is 0 Å². The Labute approximate surface area is 163 Å². The zero-order valence-electron chi connectivity index (χ0n) is 15.9. The Balaban J connectivity index is 1.75. The molecule has 0 radical (unpaired) electrons. The van der Waals surface area contributed by atoms with Gasteiger partial charge in [0.25, 0.3) is 5.91 Å². The molecule has 1 amide bonds. The molecule has 6 heteroatoms. The van der Waals surface area contributed by atoms with Gasteiger partial charge in [0.05, 0.1) is 25.5 Å². The van der Waals surface area contributed by atoms with Crippen molar-refractivity contribution >= 4 is 28.3 Å². The topological polar surface area (TPSA) is 73.9 Å². The van der Waals surface area contributed by atoms with Crippen LogP contribution in [0.2, 0.25) is 0 Å². The number of carbonyl (C=O) groups excluding carboxylic acids is 2. The zero-order valence-corrected chi connectivity index (χ0v) is 15.9. The Morgan fingerprint density at radius 2 is 1.68 bits per heavy atom. The average molecular weight is 379 g/mol. The van der Waals surface area contributed by atoms with Crippen LogP contribution < -0.4 is 14.8 Å². The summed E-state index contributed by atoms with van der Waals surface area (Å²) in [5.41, 5.74) is 0.844. The van der Waals surface area contributed by atoms with Crippen LogP contribution >= 0.6 is 0 Å². The zero-order chi connectivity index (χ0) is 20.1. The third-order valence-corrected chi connectivity index (χ3v) is 4.33. The molecular formula is C22H21NO5. The van der Waals surface area contributed by atoms with Crippen molar-refractivity contribution in [3.05, 3.63) is 66.2 Å². The molecule has 0 aliphatic carbocycles. The number of ether oxygens (including phenoxy) is 3. The molecule has 3 aromatic rings. The number of hydrogen-bond acceptors (Lipinski definition) is 5. The van der Waals surface area contributed by atoms with Crippen molar-refractivity contribution in [1.82, 2.24) is 0 Å². The number of esters is 1. The second kappa shape index (κ2) is 8.43. The Hall–Kier alpha value is -3.54. The van der Waals surface area contributed by atoms with Gasteiger partial charge in [-0.25, -0.2) is 4.79 Å². The summed E-state index contributed by atoms with van der Waals surface area (Å²) in [5.74, 6) is 0.00966. The third-order valence-electron chi connectivity index (χ3n) is 4.33. The van der Waals surface area contributed by atoms with Gasteiger partial charge in [0.2, 0.25) is 0 Å². The van der Waals surface area contributed by atoms with Gasteiger partial charge in [0.1, 0.15) is 11.5 Å². The molecule has 144 valence electrons. The molecule has 0 bridgehead atoms. The first-order valence-electron chi connectivity index (χ1n) is 8.75. The molecule has 1 unspecified atom stereocenters. The van der Waals surface area contributed by atoms with Crippen LogP contribution in [-0.4, -0.2) is 32.2 Å². The van der Waals surface area contributed by atoms with E-state index in [2.05, 4.69) is 5.32 Å². The third kappa shape index (κ3) is 4.06. The van der Waals surface area contributed by atoms with Gasteiger partial charge in [-0.05, 0) is 35.9 Å². The highest BCUT2D eigenvalue weighted by Gasteiger charge is 2.21. The standard InChI is InChI=1S/C22H21NO5/c1-14(21(24)23-19-13-16(26-2)11-12-20(19)27-3)28-22(25)18-10-6-8-15-7-4-5-9-17(15)18/h4-14H,1-3H3,(H,23,24).